The highest BCUT2D eigenvalue weighted by Gasteiger charge is 2.29. The van der Waals surface area contributed by atoms with Gasteiger partial charge in [-0.15, -0.1) is 0 Å². The van der Waals surface area contributed by atoms with Crippen molar-refractivity contribution in [3.05, 3.63) is 42.5 Å². The minimum Gasteiger partial charge on any atom is -0.395 e. The first-order chi connectivity index (χ1) is 10.1. The van der Waals surface area contributed by atoms with Gasteiger partial charge in [0.15, 0.2) is 0 Å². The number of benzene rings is 2. The molecular formula is C15H18N2O3S. The fourth-order valence-electron chi connectivity index (χ4n) is 2.61. The number of sulfonamides is 1. The highest BCUT2D eigenvalue weighted by Crippen LogP contribution is 2.22. The minimum atomic E-state index is -3.51. The summed E-state index contributed by atoms with van der Waals surface area (Å²) >= 11 is 0. The number of rotatable bonds is 3. The summed E-state index contributed by atoms with van der Waals surface area (Å²) in [5.41, 5.74) is 0. The first-order valence-corrected chi connectivity index (χ1v) is 8.38. The molecule has 5 nitrogen and oxygen atoms in total. The van der Waals surface area contributed by atoms with E-state index in [9.17, 15) is 13.5 Å². The van der Waals surface area contributed by atoms with Crippen molar-refractivity contribution >= 4 is 20.8 Å². The minimum absolute atomic E-state index is 0.0657. The van der Waals surface area contributed by atoms with Crippen molar-refractivity contribution in [1.29, 1.82) is 0 Å². The number of nitrogens with one attached hydrogen (secondary N) is 1. The van der Waals surface area contributed by atoms with Crippen LogP contribution in [-0.2, 0) is 10.0 Å². The summed E-state index contributed by atoms with van der Waals surface area (Å²) in [4.78, 5) is 0.305. The van der Waals surface area contributed by atoms with Crippen LogP contribution in [0, 0.1) is 0 Å². The number of aliphatic hydroxyl groups excluding tert-OH is 1. The van der Waals surface area contributed by atoms with Gasteiger partial charge in [0.1, 0.15) is 0 Å². The molecule has 2 aromatic rings. The van der Waals surface area contributed by atoms with Crippen LogP contribution in [0.5, 0.6) is 0 Å². The predicted octanol–water partition coefficient (Wildman–Crippen LogP) is 0.795. The molecule has 1 fully saturated rings. The summed E-state index contributed by atoms with van der Waals surface area (Å²) < 4.78 is 26.9. The molecule has 1 heterocycles. The van der Waals surface area contributed by atoms with E-state index >= 15 is 0 Å². The lowest BCUT2D eigenvalue weighted by atomic mass is 10.1. The molecule has 2 aromatic carbocycles. The number of aliphatic hydroxyl groups is 1. The van der Waals surface area contributed by atoms with E-state index in [4.69, 9.17) is 0 Å². The van der Waals surface area contributed by atoms with E-state index in [1.165, 1.54) is 4.31 Å². The molecule has 0 saturated carbocycles. The first-order valence-electron chi connectivity index (χ1n) is 6.94. The topological polar surface area (TPSA) is 69.6 Å². The molecule has 0 aliphatic carbocycles. The number of piperazine rings is 1. The van der Waals surface area contributed by atoms with E-state index in [0.29, 0.717) is 24.5 Å². The van der Waals surface area contributed by atoms with Gasteiger partial charge in [-0.3, -0.25) is 0 Å². The molecule has 1 atom stereocenters. The van der Waals surface area contributed by atoms with Crippen LogP contribution in [0.1, 0.15) is 0 Å². The summed E-state index contributed by atoms with van der Waals surface area (Å²) in [5.74, 6) is 0. The molecule has 21 heavy (non-hydrogen) atoms. The zero-order chi connectivity index (χ0) is 14.9. The highest BCUT2D eigenvalue weighted by atomic mass is 32.2. The van der Waals surface area contributed by atoms with Crippen molar-refractivity contribution in [3.63, 3.8) is 0 Å². The summed E-state index contributed by atoms with van der Waals surface area (Å²) in [6, 6.07) is 12.7. The second kappa shape index (κ2) is 5.73. The van der Waals surface area contributed by atoms with Crippen molar-refractivity contribution in [3.8, 4) is 0 Å². The molecule has 0 aromatic heterocycles. The Morgan fingerprint density at radius 1 is 1.19 bits per heavy atom. The van der Waals surface area contributed by atoms with E-state index < -0.39 is 10.0 Å². The Kier molecular flexibility index (Phi) is 3.95. The number of fused-ring (bicyclic) bond motifs is 1. The van der Waals surface area contributed by atoms with Crippen molar-refractivity contribution in [2.45, 2.75) is 10.9 Å². The van der Waals surface area contributed by atoms with Crippen molar-refractivity contribution in [2.75, 3.05) is 26.2 Å². The molecule has 2 N–H and O–H groups in total. The Balaban J connectivity index is 1.95. The van der Waals surface area contributed by atoms with Crippen LogP contribution in [0.25, 0.3) is 10.8 Å². The molecule has 1 unspecified atom stereocenters. The first kappa shape index (κ1) is 14.5. The number of nitrogens with zero attached hydrogens (tertiary/aromatic N) is 1. The second-order valence-corrected chi connectivity index (χ2v) is 7.14. The average Bonchev–Trinajstić information content (AvgIpc) is 2.54. The highest BCUT2D eigenvalue weighted by molar-refractivity contribution is 7.89. The van der Waals surface area contributed by atoms with Gasteiger partial charge in [-0.1, -0.05) is 30.3 Å². The molecule has 0 radical (unpaired) electrons. The number of hydrogen-bond acceptors (Lipinski definition) is 4. The van der Waals surface area contributed by atoms with Crippen LogP contribution in [0.4, 0.5) is 0 Å². The monoisotopic (exact) mass is 306 g/mol. The summed E-state index contributed by atoms with van der Waals surface area (Å²) in [6.45, 7) is 1.21. The SMILES string of the molecule is O=S(=O)(c1ccc2ccccc2c1)N1CCNC(CO)C1. The van der Waals surface area contributed by atoms with Gasteiger partial charge in [-0.25, -0.2) is 8.42 Å². The van der Waals surface area contributed by atoms with E-state index in [1.54, 1.807) is 12.1 Å². The summed E-state index contributed by atoms with van der Waals surface area (Å²) in [7, 11) is -3.51. The maximum absolute atomic E-state index is 12.7. The average molecular weight is 306 g/mol. The van der Waals surface area contributed by atoms with Gasteiger partial charge < -0.3 is 10.4 Å². The van der Waals surface area contributed by atoms with E-state index in [0.717, 1.165) is 10.8 Å². The fraction of sp³-hybridized carbons (Fsp3) is 0.333. The molecule has 3 rings (SSSR count). The standard InChI is InChI=1S/C15H18N2O3S/c18-11-14-10-17(8-7-16-14)21(19,20)15-6-5-12-3-1-2-4-13(12)9-15/h1-6,9,14,16,18H,7-8,10-11H2. The van der Waals surface area contributed by atoms with Gasteiger partial charge >= 0.3 is 0 Å². The summed E-state index contributed by atoms with van der Waals surface area (Å²) in [6.07, 6.45) is 0. The molecule has 1 saturated heterocycles. The van der Waals surface area contributed by atoms with Gasteiger partial charge in [0.2, 0.25) is 10.0 Å². The van der Waals surface area contributed by atoms with Crippen molar-refractivity contribution in [1.82, 2.24) is 9.62 Å². The van der Waals surface area contributed by atoms with E-state index in [2.05, 4.69) is 5.32 Å². The van der Waals surface area contributed by atoms with Gasteiger partial charge in [-0.05, 0) is 22.9 Å². The molecule has 1 aliphatic rings. The van der Waals surface area contributed by atoms with Gasteiger partial charge in [0.05, 0.1) is 11.5 Å². The van der Waals surface area contributed by atoms with Gasteiger partial charge in [-0.2, -0.15) is 4.31 Å². The molecule has 0 amide bonds. The maximum atomic E-state index is 12.7. The molecular weight excluding hydrogens is 288 g/mol. The van der Waals surface area contributed by atoms with Crippen LogP contribution in [-0.4, -0.2) is 50.1 Å². The molecule has 112 valence electrons. The van der Waals surface area contributed by atoms with Gasteiger partial charge in [0, 0.05) is 25.7 Å². The van der Waals surface area contributed by atoms with E-state index in [-0.39, 0.29) is 12.6 Å². The Labute approximate surface area is 124 Å². The van der Waals surface area contributed by atoms with Crippen LogP contribution < -0.4 is 5.32 Å². The molecule has 0 spiro atoms. The van der Waals surface area contributed by atoms with E-state index in [1.807, 2.05) is 30.3 Å². The smallest absolute Gasteiger partial charge is 0.243 e. The lowest BCUT2D eigenvalue weighted by Crippen LogP contribution is -2.53. The second-order valence-electron chi connectivity index (χ2n) is 5.21. The largest absolute Gasteiger partial charge is 0.395 e. The summed E-state index contributed by atoms with van der Waals surface area (Å²) in [5, 5.41) is 14.2. The van der Waals surface area contributed by atoms with Gasteiger partial charge in [0.25, 0.3) is 0 Å². The Morgan fingerprint density at radius 3 is 2.71 bits per heavy atom. The Morgan fingerprint density at radius 2 is 1.95 bits per heavy atom. The predicted molar refractivity (Wildman–Crippen MR) is 81.6 cm³/mol. The third kappa shape index (κ3) is 2.80. The Bertz CT molecular complexity index is 745. The van der Waals surface area contributed by atoms with Crippen molar-refractivity contribution in [2.24, 2.45) is 0 Å². The zero-order valence-corrected chi connectivity index (χ0v) is 12.4. The van der Waals surface area contributed by atoms with Crippen molar-refractivity contribution < 1.29 is 13.5 Å². The normalized spacial score (nSPS) is 20.7. The molecule has 6 heteroatoms. The van der Waals surface area contributed by atoms with Crippen LogP contribution in [0.2, 0.25) is 0 Å². The lowest BCUT2D eigenvalue weighted by molar-refractivity contribution is 0.195. The Hall–Kier alpha value is -1.47. The molecule has 0 bridgehead atoms. The maximum Gasteiger partial charge on any atom is 0.243 e. The zero-order valence-electron chi connectivity index (χ0n) is 11.6. The quantitative estimate of drug-likeness (QED) is 0.880. The fourth-order valence-corrected chi connectivity index (χ4v) is 4.13. The van der Waals surface area contributed by atoms with Crippen LogP contribution in [0.15, 0.2) is 47.4 Å². The third-order valence-electron chi connectivity index (χ3n) is 3.80. The van der Waals surface area contributed by atoms with Crippen LogP contribution in [0.3, 0.4) is 0 Å². The van der Waals surface area contributed by atoms with Crippen LogP contribution >= 0.6 is 0 Å². The third-order valence-corrected chi connectivity index (χ3v) is 5.66. The molecule has 1 aliphatic heterocycles. The number of hydrogen-bond donors (Lipinski definition) is 2. The lowest BCUT2D eigenvalue weighted by Gasteiger charge is -2.31.